The van der Waals surface area contributed by atoms with E-state index in [2.05, 4.69) is 55.6 Å². The number of aliphatic hydroxyl groups is 8. The number of carbonyl (C=O) groups is 1. The summed E-state index contributed by atoms with van der Waals surface area (Å²) in [6.45, 7) is 2.75. The fourth-order valence-electron chi connectivity index (χ4n) is 9.08. The maximum absolute atomic E-state index is 13.2. The van der Waals surface area contributed by atoms with Gasteiger partial charge < -0.3 is 65.1 Å². The molecule has 0 bridgehead atoms. The van der Waals surface area contributed by atoms with Crippen LogP contribution >= 0.6 is 0 Å². The number of allylic oxidation sites excluding steroid dienone is 7. The maximum Gasteiger partial charge on any atom is 0.220 e. The number of hydrogen-bond acceptors (Lipinski definition) is 13. The summed E-state index contributed by atoms with van der Waals surface area (Å²) in [6, 6.07) is -0.942. The monoisotopic (exact) mass is 1010 g/mol. The van der Waals surface area contributed by atoms with E-state index in [0.29, 0.717) is 12.8 Å². The first-order valence-corrected chi connectivity index (χ1v) is 28.4. The van der Waals surface area contributed by atoms with Crippen LogP contribution in [0.5, 0.6) is 0 Å². The average Bonchev–Trinajstić information content (AvgIpc) is 3.37. The lowest BCUT2D eigenvalue weighted by Crippen LogP contribution is -2.65. The van der Waals surface area contributed by atoms with Crippen LogP contribution in [0, 0.1) is 0 Å². The molecule has 2 rings (SSSR count). The Labute approximate surface area is 429 Å². The molecule has 414 valence electrons. The molecule has 2 fully saturated rings. The third-order valence-electron chi connectivity index (χ3n) is 13.7. The Kier molecular flexibility index (Phi) is 39.6. The summed E-state index contributed by atoms with van der Waals surface area (Å²) < 4.78 is 22.7. The Bertz CT molecular complexity index is 1380. The quantitative estimate of drug-likeness (QED) is 0.0206. The van der Waals surface area contributed by atoms with Crippen molar-refractivity contribution in [2.75, 3.05) is 19.8 Å². The Morgan fingerprint density at radius 2 is 0.901 bits per heavy atom. The van der Waals surface area contributed by atoms with E-state index in [1.165, 1.54) is 116 Å². The highest BCUT2D eigenvalue weighted by molar-refractivity contribution is 5.76. The van der Waals surface area contributed by atoms with Crippen molar-refractivity contribution < 1.29 is 64.6 Å². The highest BCUT2D eigenvalue weighted by Gasteiger charge is 2.51. The zero-order valence-corrected chi connectivity index (χ0v) is 44.2. The van der Waals surface area contributed by atoms with Gasteiger partial charge in [-0.25, -0.2) is 0 Å². The molecular weight excluding hydrogens is 907 g/mol. The number of rotatable bonds is 44. The number of amides is 1. The van der Waals surface area contributed by atoms with Crippen molar-refractivity contribution >= 4 is 5.91 Å². The fourth-order valence-corrected chi connectivity index (χ4v) is 9.08. The fraction of sp³-hybridized carbons (Fsp3) is 0.842. The summed E-state index contributed by atoms with van der Waals surface area (Å²) in [6.07, 6.45) is 35.8. The SMILES string of the molecule is CCCCCCC/C=C\CCCCCCCC(=O)NC(COC1OC(CO)C(OC2OC(CO)C(O)C(O)C2O)C(O)C1O)C(O)/C=C/CC/C=C/CC/C=C/CCCCCCCCCCCCCCC. The number of hydrogen-bond donors (Lipinski definition) is 9. The van der Waals surface area contributed by atoms with E-state index < -0.39 is 86.8 Å². The van der Waals surface area contributed by atoms with Crippen molar-refractivity contribution in [3.63, 3.8) is 0 Å². The zero-order valence-electron chi connectivity index (χ0n) is 44.2. The number of carbonyl (C=O) groups excluding carboxylic acids is 1. The number of ether oxygens (including phenoxy) is 4. The van der Waals surface area contributed by atoms with Crippen molar-refractivity contribution in [1.29, 1.82) is 0 Å². The summed E-state index contributed by atoms with van der Waals surface area (Å²) >= 11 is 0. The average molecular weight is 1010 g/mol. The second kappa shape index (κ2) is 43.2. The molecule has 0 aromatic rings. The first-order valence-electron chi connectivity index (χ1n) is 28.4. The van der Waals surface area contributed by atoms with Gasteiger partial charge in [0.1, 0.15) is 48.8 Å². The largest absolute Gasteiger partial charge is 0.394 e. The first-order chi connectivity index (χ1) is 34.6. The van der Waals surface area contributed by atoms with Gasteiger partial charge in [-0.3, -0.25) is 4.79 Å². The lowest BCUT2D eigenvalue weighted by molar-refractivity contribution is -0.359. The Balaban J connectivity index is 1.82. The minimum absolute atomic E-state index is 0.259. The second-order valence-electron chi connectivity index (χ2n) is 20.0. The molecule has 71 heavy (non-hydrogen) atoms. The molecule has 2 aliphatic heterocycles. The molecule has 2 saturated heterocycles. The molecule has 2 aliphatic rings. The lowest BCUT2D eigenvalue weighted by atomic mass is 9.97. The molecule has 1 amide bonds. The molecule has 0 saturated carbocycles. The van der Waals surface area contributed by atoms with Gasteiger partial charge in [-0.05, 0) is 70.6 Å². The Hall–Kier alpha value is -2.05. The van der Waals surface area contributed by atoms with E-state index in [1.54, 1.807) is 6.08 Å². The van der Waals surface area contributed by atoms with Crippen LogP contribution in [-0.2, 0) is 23.7 Å². The van der Waals surface area contributed by atoms with Gasteiger partial charge >= 0.3 is 0 Å². The van der Waals surface area contributed by atoms with Gasteiger partial charge in [-0.2, -0.15) is 0 Å². The third-order valence-corrected chi connectivity index (χ3v) is 13.7. The van der Waals surface area contributed by atoms with Gasteiger partial charge in [0.2, 0.25) is 5.91 Å². The lowest BCUT2D eigenvalue weighted by Gasteiger charge is -2.46. The first kappa shape index (κ1) is 65.1. The summed E-state index contributed by atoms with van der Waals surface area (Å²) in [5, 5.41) is 86.9. The molecule has 2 heterocycles. The standard InChI is InChI=1S/C57H103NO13/c1-3-5-7-9-11-13-15-17-19-20-21-22-23-24-25-26-27-28-30-32-34-36-38-40-46(61)45(58-49(62)41-39-37-35-33-31-29-18-16-14-12-10-8-6-4-2)44-68-56-54(67)52(65)55(48(43-60)70-56)71-57-53(66)51(64)50(63)47(42-59)69-57/h16,18,25-26,30,32,38,40,45-48,50-57,59-61,63-67H,3-15,17,19-24,27-29,31,33-37,39,41-44H2,1-2H3,(H,58,62)/b18-16-,26-25+,32-30+,40-38+. The van der Waals surface area contributed by atoms with Crippen LogP contribution in [0.25, 0.3) is 0 Å². The molecule has 0 aromatic carbocycles. The summed E-state index contributed by atoms with van der Waals surface area (Å²) in [5.74, 6) is -0.263. The van der Waals surface area contributed by atoms with Crippen LogP contribution in [0.3, 0.4) is 0 Å². The van der Waals surface area contributed by atoms with E-state index in [0.717, 1.165) is 64.2 Å². The predicted molar refractivity (Wildman–Crippen MR) is 281 cm³/mol. The van der Waals surface area contributed by atoms with Gasteiger partial charge in [0.05, 0.1) is 32.0 Å². The van der Waals surface area contributed by atoms with Crippen LogP contribution in [0.15, 0.2) is 48.6 Å². The molecule has 12 unspecified atom stereocenters. The minimum Gasteiger partial charge on any atom is -0.394 e. The van der Waals surface area contributed by atoms with Gasteiger partial charge in [-0.1, -0.05) is 184 Å². The van der Waals surface area contributed by atoms with E-state index in [-0.39, 0.29) is 18.9 Å². The molecule has 12 atom stereocenters. The van der Waals surface area contributed by atoms with E-state index >= 15 is 0 Å². The summed E-state index contributed by atoms with van der Waals surface area (Å²) in [5.41, 5.74) is 0. The molecule has 14 nitrogen and oxygen atoms in total. The smallest absolute Gasteiger partial charge is 0.220 e. The topological polar surface area (TPSA) is 228 Å². The number of nitrogens with one attached hydrogen (secondary N) is 1. The van der Waals surface area contributed by atoms with Crippen LogP contribution < -0.4 is 5.32 Å². The van der Waals surface area contributed by atoms with Crippen LogP contribution in [0.4, 0.5) is 0 Å². The van der Waals surface area contributed by atoms with Crippen molar-refractivity contribution in [3.05, 3.63) is 48.6 Å². The molecular formula is C57H103NO13. The van der Waals surface area contributed by atoms with Crippen molar-refractivity contribution in [3.8, 4) is 0 Å². The van der Waals surface area contributed by atoms with Crippen LogP contribution in [-0.4, -0.2) is 140 Å². The maximum atomic E-state index is 13.2. The molecule has 0 radical (unpaired) electrons. The summed E-state index contributed by atoms with van der Waals surface area (Å²) in [4.78, 5) is 13.2. The molecule has 0 aliphatic carbocycles. The van der Waals surface area contributed by atoms with E-state index in [4.69, 9.17) is 18.9 Å². The Morgan fingerprint density at radius 3 is 1.38 bits per heavy atom. The number of unbranched alkanes of at least 4 members (excludes halogenated alkanes) is 25. The third kappa shape index (κ3) is 29.6. The molecule has 0 spiro atoms. The van der Waals surface area contributed by atoms with Gasteiger partial charge in [0.25, 0.3) is 0 Å². The minimum atomic E-state index is -1.79. The van der Waals surface area contributed by atoms with Crippen molar-refractivity contribution in [1.82, 2.24) is 5.32 Å². The van der Waals surface area contributed by atoms with Crippen LogP contribution in [0.1, 0.15) is 213 Å². The zero-order chi connectivity index (χ0) is 51.7. The van der Waals surface area contributed by atoms with Crippen molar-refractivity contribution in [2.45, 2.75) is 286 Å². The predicted octanol–water partition coefficient (Wildman–Crippen LogP) is 8.83. The van der Waals surface area contributed by atoms with Crippen molar-refractivity contribution in [2.24, 2.45) is 0 Å². The Morgan fingerprint density at radius 1 is 0.493 bits per heavy atom. The normalized spacial score (nSPS) is 26.1. The highest BCUT2D eigenvalue weighted by atomic mass is 16.7. The molecule has 0 aromatic heterocycles. The van der Waals surface area contributed by atoms with Gasteiger partial charge in [0.15, 0.2) is 12.6 Å². The van der Waals surface area contributed by atoms with Gasteiger partial charge in [-0.15, -0.1) is 0 Å². The van der Waals surface area contributed by atoms with Gasteiger partial charge in [0, 0.05) is 6.42 Å². The van der Waals surface area contributed by atoms with Crippen LogP contribution in [0.2, 0.25) is 0 Å². The highest BCUT2D eigenvalue weighted by Crippen LogP contribution is 2.30. The molecule has 14 heteroatoms. The number of aliphatic hydroxyl groups excluding tert-OH is 8. The van der Waals surface area contributed by atoms with E-state index in [9.17, 15) is 45.6 Å². The summed E-state index contributed by atoms with van der Waals surface area (Å²) in [7, 11) is 0. The molecule has 9 N–H and O–H groups in total. The second-order valence-corrected chi connectivity index (χ2v) is 20.0. The van der Waals surface area contributed by atoms with E-state index in [1.807, 2.05) is 6.08 Å².